The van der Waals surface area contributed by atoms with Gasteiger partial charge in [0.05, 0.1) is 22.1 Å². The molecule has 7 aromatic carbocycles. The normalized spacial score (nSPS) is 12.4. The first-order valence-electron chi connectivity index (χ1n) is 16.5. The Balaban J connectivity index is 1.16. The van der Waals surface area contributed by atoms with E-state index in [9.17, 15) is 0 Å². The van der Waals surface area contributed by atoms with E-state index in [1.54, 1.807) is 0 Å². The van der Waals surface area contributed by atoms with Crippen molar-refractivity contribution in [2.45, 2.75) is 6.92 Å². The van der Waals surface area contributed by atoms with Gasteiger partial charge < -0.3 is 9.55 Å². The number of benzene rings is 7. The lowest BCUT2D eigenvalue weighted by Gasteiger charge is -2.15. The predicted octanol–water partition coefficient (Wildman–Crippen LogP) is 10.4. The first kappa shape index (κ1) is 27.5. The van der Waals surface area contributed by atoms with Crippen LogP contribution in [0, 0.1) is 12.3 Å². The fourth-order valence-corrected chi connectivity index (χ4v) is 7.73. The van der Waals surface area contributed by atoms with Crippen LogP contribution < -0.4 is 5.49 Å². The number of aryl methyl sites for hydroxylation is 1. The molecule has 0 amide bonds. The van der Waals surface area contributed by atoms with Crippen LogP contribution >= 0.6 is 0 Å². The third-order valence-electron chi connectivity index (χ3n) is 9.90. The zero-order valence-corrected chi connectivity index (χ0v) is 26.7. The Hall–Kier alpha value is -6.59. The molecule has 2 aromatic heterocycles. The molecule has 2 N–H and O–H groups in total. The summed E-state index contributed by atoms with van der Waals surface area (Å²) in [5.41, 5.74) is 14.2. The highest BCUT2D eigenvalue weighted by molar-refractivity contribution is 6.30. The second kappa shape index (κ2) is 10.5. The summed E-state index contributed by atoms with van der Waals surface area (Å²) in [4.78, 5) is 13.2. The van der Waals surface area contributed by atoms with Crippen molar-refractivity contribution < 1.29 is 0 Å². The van der Waals surface area contributed by atoms with Crippen LogP contribution in [0.5, 0.6) is 0 Å². The molecule has 0 fully saturated rings. The number of para-hydroxylation sites is 2. The highest BCUT2D eigenvalue weighted by Crippen LogP contribution is 2.49. The van der Waals surface area contributed by atoms with E-state index in [0.29, 0.717) is 11.2 Å². The van der Waals surface area contributed by atoms with Gasteiger partial charge in [0.2, 0.25) is 0 Å². The van der Waals surface area contributed by atoms with Crippen LogP contribution in [0.2, 0.25) is 0 Å². The van der Waals surface area contributed by atoms with E-state index in [4.69, 9.17) is 15.4 Å². The Bertz CT molecular complexity index is 2910. The highest BCUT2D eigenvalue weighted by Gasteiger charge is 2.24. The summed E-state index contributed by atoms with van der Waals surface area (Å²) < 4.78 is 2.40. The first-order chi connectivity index (χ1) is 24.1. The standard InChI is InChI=1S/C44H29N5/c1-26-25-29(43(45)48-44-42(28-11-3-2-4-12-28)46-34-18-7-8-19-35(34)47-44)22-23-36(26)49-37-20-10-17-33-31-15-6-5-14-30(31)32-16-9-13-27-21-24-38(49)41(39(27)32)40(33)37/h2-25H,1H3,(H2,45,47,48). The maximum Gasteiger partial charge on any atom is 0.159 e. The van der Waals surface area contributed by atoms with Crippen LogP contribution in [0.15, 0.2) is 151 Å². The maximum absolute atomic E-state index is 9.14. The lowest BCUT2D eigenvalue weighted by Crippen LogP contribution is -2.17. The maximum atomic E-state index is 9.14. The minimum atomic E-state index is 0.173. The molecule has 10 rings (SSSR count). The minimum absolute atomic E-state index is 0.173. The molecule has 0 aliphatic heterocycles. The third kappa shape index (κ3) is 4.09. The smallest absolute Gasteiger partial charge is 0.159 e. The summed E-state index contributed by atoms with van der Waals surface area (Å²) in [5, 5.41) is 14.2. The molecule has 49 heavy (non-hydrogen) atoms. The molecule has 0 bridgehead atoms. The van der Waals surface area contributed by atoms with Crippen molar-refractivity contribution in [3.63, 3.8) is 0 Å². The number of aromatic amines is 1. The molecule has 0 saturated heterocycles. The number of fused-ring (bicyclic) bond motifs is 4. The molecule has 0 atom stereocenters. The molecule has 0 saturated carbocycles. The first-order valence-corrected chi connectivity index (χ1v) is 16.5. The van der Waals surface area contributed by atoms with Crippen LogP contribution in [0.4, 0.5) is 0 Å². The number of rotatable bonds is 3. The number of nitrogens with zero attached hydrogens (tertiary/aromatic N) is 3. The van der Waals surface area contributed by atoms with E-state index in [-0.39, 0.29) is 5.84 Å². The summed E-state index contributed by atoms with van der Waals surface area (Å²) in [6.07, 6.45) is 0. The topological polar surface area (TPSA) is 69.8 Å². The van der Waals surface area contributed by atoms with E-state index in [1.165, 1.54) is 54.8 Å². The Morgan fingerprint density at radius 2 is 1.33 bits per heavy atom. The van der Waals surface area contributed by atoms with Crippen LogP contribution in [-0.2, 0) is 0 Å². The van der Waals surface area contributed by atoms with E-state index >= 15 is 0 Å². The van der Waals surface area contributed by atoms with E-state index in [1.807, 2.05) is 60.7 Å². The van der Waals surface area contributed by atoms with Crippen molar-refractivity contribution in [3.8, 4) is 39.2 Å². The molecule has 0 radical (unpaired) electrons. The summed E-state index contributed by atoms with van der Waals surface area (Å²) in [6.45, 7) is 2.13. The molecule has 5 heteroatoms. The Kier molecular flexibility index (Phi) is 5.87. The SMILES string of the molecule is Cc1cc(C(=N)N=c2[nH]c3ccccc3nc2-c2ccccc2)ccc1-n1c2cccc3c2c2c4c(cccc4ccc21)-c1ccccc1-3. The van der Waals surface area contributed by atoms with Gasteiger partial charge in [0.15, 0.2) is 11.3 Å². The number of hydrogen-bond donors (Lipinski definition) is 2. The molecule has 1 aliphatic rings. The Labute approximate surface area is 282 Å². The van der Waals surface area contributed by atoms with E-state index in [0.717, 1.165) is 33.4 Å². The summed E-state index contributed by atoms with van der Waals surface area (Å²) in [7, 11) is 0. The van der Waals surface area contributed by atoms with Gasteiger partial charge in [-0.05, 0) is 88.0 Å². The van der Waals surface area contributed by atoms with Gasteiger partial charge in [-0.3, -0.25) is 5.41 Å². The predicted molar refractivity (Wildman–Crippen MR) is 201 cm³/mol. The number of hydrogen-bond acceptors (Lipinski definition) is 2. The molecule has 0 unspecified atom stereocenters. The summed E-state index contributed by atoms with van der Waals surface area (Å²) in [6, 6.07) is 50.8. The molecule has 230 valence electrons. The van der Waals surface area contributed by atoms with Gasteiger partial charge in [-0.2, -0.15) is 0 Å². The molecule has 2 heterocycles. The van der Waals surface area contributed by atoms with Crippen molar-refractivity contribution in [2.24, 2.45) is 4.99 Å². The third-order valence-corrected chi connectivity index (χ3v) is 9.90. The van der Waals surface area contributed by atoms with Crippen LogP contribution in [0.1, 0.15) is 11.1 Å². The average molecular weight is 628 g/mol. The van der Waals surface area contributed by atoms with Crippen molar-refractivity contribution in [3.05, 3.63) is 162 Å². The Morgan fingerprint density at radius 1 is 0.633 bits per heavy atom. The number of aromatic nitrogens is 3. The lowest BCUT2D eigenvalue weighted by molar-refractivity contribution is 1.14. The lowest BCUT2D eigenvalue weighted by atomic mass is 9.93. The van der Waals surface area contributed by atoms with Crippen LogP contribution in [0.3, 0.4) is 0 Å². The Morgan fingerprint density at radius 3 is 2.14 bits per heavy atom. The van der Waals surface area contributed by atoms with Crippen molar-refractivity contribution in [2.75, 3.05) is 0 Å². The van der Waals surface area contributed by atoms with Gasteiger partial charge in [-0.25, -0.2) is 9.98 Å². The van der Waals surface area contributed by atoms with E-state index < -0.39 is 0 Å². The molecular formula is C44H29N5. The van der Waals surface area contributed by atoms with Crippen LogP contribution in [0.25, 0.3) is 82.8 Å². The molecule has 0 spiro atoms. The largest absolute Gasteiger partial charge is 0.337 e. The quantitative estimate of drug-likeness (QED) is 0.149. The fraction of sp³-hybridized carbons (Fsp3) is 0.0227. The molecule has 5 nitrogen and oxygen atoms in total. The average Bonchev–Trinajstić information content (AvgIpc) is 3.42. The summed E-state index contributed by atoms with van der Waals surface area (Å²) in [5.74, 6) is 0.173. The van der Waals surface area contributed by atoms with Crippen molar-refractivity contribution in [1.29, 1.82) is 5.41 Å². The number of amidine groups is 1. The fourth-order valence-electron chi connectivity index (χ4n) is 7.73. The molecule has 1 aliphatic carbocycles. The summed E-state index contributed by atoms with van der Waals surface area (Å²) >= 11 is 0. The van der Waals surface area contributed by atoms with Crippen LogP contribution in [-0.4, -0.2) is 20.4 Å². The van der Waals surface area contributed by atoms with Gasteiger partial charge in [0, 0.05) is 27.6 Å². The second-order valence-electron chi connectivity index (χ2n) is 12.7. The second-order valence-corrected chi connectivity index (χ2v) is 12.7. The molecule has 9 aromatic rings. The zero-order chi connectivity index (χ0) is 32.6. The highest BCUT2D eigenvalue weighted by atomic mass is 15.0. The number of H-pyrrole nitrogens is 1. The molecular weight excluding hydrogens is 599 g/mol. The monoisotopic (exact) mass is 627 g/mol. The van der Waals surface area contributed by atoms with Gasteiger partial charge in [-0.15, -0.1) is 0 Å². The van der Waals surface area contributed by atoms with Gasteiger partial charge >= 0.3 is 0 Å². The van der Waals surface area contributed by atoms with Gasteiger partial charge in [0.1, 0.15) is 5.69 Å². The van der Waals surface area contributed by atoms with Crippen molar-refractivity contribution in [1.82, 2.24) is 14.5 Å². The van der Waals surface area contributed by atoms with E-state index in [2.05, 4.69) is 101 Å². The van der Waals surface area contributed by atoms with Gasteiger partial charge in [0.25, 0.3) is 0 Å². The number of nitrogens with one attached hydrogen (secondary N) is 2. The van der Waals surface area contributed by atoms with Crippen molar-refractivity contribution >= 4 is 49.4 Å². The zero-order valence-electron chi connectivity index (χ0n) is 26.7. The van der Waals surface area contributed by atoms with Gasteiger partial charge in [-0.1, -0.05) is 103 Å². The minimum Gasteiger partial charge on any atom is -0.337 e.